The summed E-state index contributed by atoms with van der Waals surface area (Å²) in [4.78, 5) is 0.398. The Morgan fingerprint density at radius 1 is 1.28 bits per heavy atom. The molecule has 0 unspecified atom stereocenters. The zero-order chi connectivity index (χ0) is 13.0. The molecule has 0 aliphatic carbocycles. The lowest BCUT2D eigenvalue weighted by Crippen LogP contribution is -2.20. The third-order valence-electron chi connectivity index (χ3n) is 3.21. The predicted molar refractivity (Wildman–Crippen MR) is 78.1 cm³/mol. The van der Waals surface area contributed by atoms with Crippen molar-refractivity contribution in [2.24, 2.45) is 5.92 Å². The van der Waals surface area contributed by atoms with Crippen LogP contribution in [0.3, 0.4) is 0 Å². The van der Waals surface area contributed by atoms with Crippen LogP contribution in [0.2, 0.25) is 0 Å². The quantitative estimate of drug-likeness (QED) is 0.924. The van der Waals surface area contributed by atoms with Crippen molar-refractivity contribution in [3.8, 4) is 0 Å². The topological polar surface area (TPSA) is 46.2 Å². The highest BCUT2D eigenvalue weighted by Gasteiger charge is 2.16. The fourth-order valence-corrected chi connectivity index (χ4v) is 4.21. The zero-order valence-electron chi connectivity index (χ0n) is 10.6. The van der Waals surface area contributed by atoms with E-state index >= 15 is 0 Å². The van der Waals surface area contributed by atoms with E-state index in [0.717, 1.165) is 12.2 Å². The van der Waals surface area contributed by atoms with Gasteiger partial charge >= 0.3 is 0 Å². The molecule has 2 rings (SSSR count). The molecule has 1 fully saturated rings. The maximum Gasteiger partial charge on any atom is 0.177 e. The van der Waals surface area contributed by atoms with Gasteiger partial charge < -0.3 is 5.32 Å². The summed E-state index contributed by atoms with van der Waals surface area (Å²) in [5.41, 5.74) is 0.734. The molecule has 0 saturated carbocycles. The number of hydrogen-bond donors (Lipinski definition) is 1. The van der Waals surface area contributed by atoms with Crippen LogP contribution in [-0.4, -0.2) is 32.7 Å². The van der Waals surface area contributed by atoms with Gasteiger partial charge in [0.05, 0.1) is 10.6 Å². The van der Waals surface area contributed by atoms with Crippen LogP contribution in [0.1, 0.15) is 12.8 Å². The average Bonchev–Trinajstić information content (AvgIpc) is 2.37. The minimum absolute atomic E-state index is 0.398. The van der Waals surface area contributed by atoms with Crippen LogP contribution in [0.25, 0.3) is 0 Å². The van der Waals surface area contributed by atoms with Crippen molar-refractivity contribution in [2.75, 3.05) is 29.6 Å². The van der Waals surface area contributed by atoms with Gasteiger partial charge in [0.15, 0.2) is 9.84 Å². The summed E-state index contributed by atoms with van der Waals surface area (Å²) in [6.07, 6.45) is 3.70. The first-order chi connectivity index (χ1) is 8.57. The van der Waals surface area contributed by atoms with Gasteiger partial charge in [-0.2, -0.15) is 11.8 Å². The lowest BCUT2D eigenvalue weighted by molar-refractivity contribution is 0.515. The second-order valence-corrected chi connectivity index (χ2v) is 7.91. The number of para-hydroxylation sites is 1. The molecule has 1 heterocycles. The number of thioether (sulfide) groups is 1. The van der Waals surface area contributed by atoms with E-state index < -0.39 is 9.84 Å². The molecular weight excluding hydrogens is 266 g/mol. The van der Waals surface area contributed by atoms with Gasteiger partial charge in [0.2, 0.25) is 0 Å². The van der Waals surface area contributed by atoms with Crippen molar-refractivity contribution in [1.29, 1.82) is 0 Å². The Labute approximate surface area is 113 Å². The molecule has 0 atom stereocenters. The van der Waals surface area contributed by atoms with E-state index in [1.165, 1.54) is 30.6 Å². The normalized spacial score (nSPS) is 17.6. The lowest BCUT2D eigenvalue weighted by atomic mass is 10.0. The largest absolute Gasteiger partial charge is 0.384 e. The summed E-state index contributed by atoms with van der Waals surface area (Å²) in [6.45, 7) is 0.868. The fraction of sp³-hybridized carbons (Fsp3) is 0.538. The Bertz CT molecular complexity index is 493. The van der Waals surface area contributed by atoms with Crippen LogP contribution in [-0.2, 0) is 9.84 Å². The number of hydrogen-bond acceptors (Lipinski definition) is 4. The first-order valence-electron chi connectivity index (χ1n) is 6.18. The molecule has 1 saturated heterocycles. The zero-order valence-corrected chi connectivity index (χ0v) is 12.2. The molecule has 1 aromatic carbocycles. The van der Waals surface area contributed by atoms with Gasteiger partial charge in [0, 0.05) is 12.8 Å². The Morgan fingerprint density at radius 2 is 1.94 bits per heavy atom. The van der Waals surface area contributed by atoms with E-state index in [0.29, 0.717) is 10.8 Å². The first-order valence-corrected chi connectivity index (χ1v) is 9.22. The van der Waals surface area contributed by atoms with Crippen molar-refractivity contribution in [1.82, 2.24) is 0 Å². The van der Waals surface area contributed by atoms with Gasteiger partial charge in [-0.05, 0) is 42.4 Å². The van der Waals surface area contributed by atoms with Gasteiger partial charge in [-0.3, -0.25) is 0 Å². The van der Waals surface area contributed by atoms with E-state index in [2.05, 4.69) is 5.32 Å². The summed E-state index contributed by atoms with van der Waals surface area (Å²) in [5, 5.41) is 3.30. The van der Waals surface area contributed by atoms with Crippen LogP contribution >= 0.6 is 11.8 Å². The van der Waals surface area contributed by atoms with Crippen LogP contribution in [0.4, 0.5) is 5.69 Å². The molecule has 1 aliphatic rings. The smallest absolute Gasteiger partial charge is 0.177 e. The van der Waals surface area contributed by atoms with E-state index in [1.54, 1.807) is 12.1 Å². The molecule has 5 heteroatoms. The molecule has 0 amide bonds. The van der Waals surface area contributed by atoms with Crippen LogP contribution in [0.5, 0.6) is 0 Å². The Balaban J connectivity index is 2.05. The van der Waals surface area contributed by atoms with Gasteiger partial charge in [-0.15, -0.1) is 0 Å². The van der Waals surface area contributed by atoms with Gasteiger partial charge in [-0.25, -0.2) is 8.42 Å². The summed E-state index contributed by atoms with van der Waals surface area (Å²) in [7, 11) is -3.15. The third-order valence-corrected chi connectivity index (χ3v) is 5.41. The molecular formula is C13H19NO2S2. The summed E-state index contributed by atoms with van der Waals surface area (Å²) >= 11 is 2.00. The van der Waals surface area contributed by atoms with E-state index in [-0.39, 0.29) is 0 Å². The monoisotopic (exact) mass is 285 g/mol. The number of rotatable bonds is 4. The van der Waals surface area contributed by atoms with Crippen molar-refractivity contribution in [3.05, 3.63) is 24.3 Å². The number of benzene rings is 1. The predicted octanol–water partition coefficient (Wildman–Crippen LogP) is 2.65. The standard InChI is InChI=1S/C13H19NO2S2/c1-18(15,16)13-5-3-2-4-12(13)14-10-11-6-8-17-9-7-11/h2-5,11,14H,6-10H2,1H3. The number of sulfone groups is 1. The second-order valence-electron chi connectivity index (χ2n) is 4.70. The van der Waals surface area contributed by atoms with E-state index in [9.17, 15) is 8.42 Å². The highest BCUT2D eigenvalue weighted by atomic mass is 32.2. The number of anilines is 1. The Kier molecular flexibility index (Phi) is 4.56. The highest BCUT2D eigenvalue weighted by Crippen LogP contribution is 2.25. The van der Waals surface area contributed by atoms with Crippen LogP contribution < -0.4 is 5.32 Å². The molecule has 0 aromatic heterocycles. The molecule has 1 aliphatic heterocycles. The average molecular weight is 285 g/mol. The molecule has 100 valence electrons. The maximum absolute atomic E-state index is 11.7. The summed E-state index contributed by atoms with van der Waals surface area (Å²) < 4.78 is 23.3. The lowest BCUT2D eigenvalue weighted by Gasteiger charge is -2.22. The molecule has 1 N–H and O–H groups in total. The van der Waals surface area contributed by atoms with Crippen molar-refractivity contribution in [2.45, 2.75) is 17.7 Å². The van der Waals surface area contributed by atoms with Gasteiger partial charge in [0.25, 0.3) is 0 Å². The molecule has 18 heavy (non-hydrogen) atoms. The van der Waals surface area contributed by atoms with Crippen LogP contribution in [0, 0.1) is 5.92 Å². The third kappa shape index (κ3) is 3.65. The van der Waals surface area contributed by atoms with Crippen molar-refractivity contribution in [3.63, 3.8) is 0 Å². The summed E-state index contributed by atoms with van der Waals surface area (Å²) in [5.74, 6) is 3.11. The molecule has 0 spiro atoms. The fourth-order valence-electron chi connectivity index (χ4n) is 2.14. The highest BCUT2D eigenvalue weighted by molar-refractivity contribution is 7.99. The Morgan fingerprint density at radius 3 is 2.61 bits per heavy atom. The minimum Gasteiger partial charge on any atom is -0.384 e. The van der Waals surface area contributed by atoms with Gasteiger partial charge in [-0.1, -0.05) is 12.1 Å². The van der Waals surface area contributed by atoms with Crippen LogP contribution in [0.15, 0.2) is 29.2 Å². The molecule has 3 nitrogen and oxygen atoms in total. The van der Waals surface area contributed by atoms with Crippen molar-refractivity contribution < 1.29 is 8.42 Å². The SMILES string of the molecule is CS(=O)(=O)c1ccccc1NCC1CCSCC1. The maximum atomic E-state index is 11.7. The summed E-state index contributed by atoms with van der Waals surface area (Å²) in [6, 6.07) is 7.13. The van der Waals surface area contributed by atoms with E-state index in [4.69, 9.17) is 0 Å². The minimum atomic E-state index is -3.15. The van der Waals surface area contributed by atoms with Gasteiger partial charge in [0.1, 0.15) is 0 Å². The van der Waals surface area contributed by atoms with Crippen molar-refractivity contribution >= 4 is 27.3 Å². The molecule has 1 aromatic rings. The first kappa shape index (κ1) is 13.7. The number of nitrogens with one attached hydrogen (secondary N) is 1. The van der Waals surface area contributed by atoms with E-state index in [1.807, 2.05) is 23.9 Å². The second kappa shape index (κ2) is 5.97. The molecule has 0 radical (unpaired) electrons. The molecule has 0 bridgehead atoms. The Hall–Kier alpha value is -0.680.